The van der Waals surface area contributed by atoms with Gasteiger partial charge in [-0.3, -0.25) is 4.79 Å². The lowest BCUT2D eigenvalue weighted by molar-refractivity contribution is 0.0745. The number of anilines is 1. The summed E-state index contributed by atoms with van der Waals surface area (Å²) in [5.74, 6) is -1.21. The topological polar surface area (TPSA) is 23.6 Å². The predicted molar refractivity (Wildman–Crippen MR) is 88.6 cm³/mol. The lowest BCUT2D eigenvalue weighted by Gasteiger charge is -2.36. The first-order chi connectivity index (χ1) is 11.1. The number of hydrogen-bond donors (Lipinski definition) is 0. The summed E-state index contributed by atoms with van der Waals surface area (Å²) in [7, 11) is 0. The van der Waals surface area contributed by atoms with Gasteiger partial charge >= 0.3 is 0 Å². The van der Waals surface area contributed by atoms with Crippen molar-refractivity contribution >= 4 is 27.5 Å². The Hall–Kier alpha value is -1.95. The summed E-state index contributed by atoms with van der Waals surface area (Å²) in [6.45, 7) is 2.02. The second-order valence-corrected chi connectivity index (χ2v) is 6.21. The third-order valence-electron chi connectivity index (χ3n) is 3.92. The van der Waals surface area contributed by atoms with Crippen molar-refractivity contribution in [1.82, 2.24) is 4.90 Å². The molecule has 0 aliphatic carbocycles. The van der Waals surface area contributed by atoms with Crippen LogP contribution in [0.4, 0.5) is 14.5 Å². The number of carbonyl (C=O) groups is 1. The van der Waals surface area contributed by atoms with Crippen molar-refractivity contribution in [3.8, 4) is 0 Å². The number of carbonyl (C=O) groups excluding carboxylic acids is 1. The molecule has 2 aromatic rings. The zero-order valence-corrected chi connectivity index (χ0v) is 13.9. The molecule has 0 radical (unpaired) electrons. The van der Waals surface area contributed by atoms with Crippen molar-refractivity contribution in [3.05, 3.63) is 64.1 Å². The molecule has 0 unspecified atom stereocenters. The maximum absolute atomic E-state index is 13.8. The number of nitrogens with zero attached hydrogens (tertiary/aromatic N) is 2. The van der Waals surface area contributed by atoms with Crippen LogP contribution < -0.4 is 4.90 Å². The van der Waals surface area contributed by atoms with E-state index in [9.17, 15) is 13.6 Å². The molecule has 3 nitrogen and oxygen atoms in total. The summed E-state index contributed by atoms with van der Waals surface area (Å²) in [5, 5.41) is 0. The maximum Gasteiger partial charge on any atom is 0.255 e. The number of hydrogen-bond acceptors (Lipinski definition) is 2. The monoisotopic (exact) mass is 380 g/mol. The summed E-state index contributed by atoms with van der Waals surface area (Å²) in [6.07, 6.45) is 0. The molecule has 0 spiro atoms. The Kier molecular flexibility index (Phi) is 4.61. The van der Waals surface area contributed by atoms with Gasteiger partial charge in [0.05, 0.1) is 11.3 Å². The van der Waals surface area contributed by atoms with Crippen molar-refractivity contribution in [2.45, 2.75) is 0 Å². The first-order valence-electron chi connectivity index (χ1n) is 7.30. The largest absolute Gasteiger partial charge is 0.366 e. The molecule has 120 valence electrons. The molecule has 1 aliphatic rings. The van der Waals surface area contributed by atoms with Crippen molar-refractivity contribution in [2.75, 3.05) is 31.1 Å². The van der Waals surface area contributed by atoms with Crippen molar-refractivity contribution in [2.24, 2.45) is 0 Å². The molecular weight excluding hydrogens is 366 g/mol. The van der Waals surface area contributed by atoms with E-state index < -0.39 is 11.6 Å². The highest BCUT2D eigenvalue weighted by Crippen LogP contribution is 2.23. The van der Waals surface area contributed by atoms with Gasteiger partial charge in [-0.25, -0.2) is 8.78 Å². The number of piperazine rings is 1. The van der Waals surface area contributed by atoms with Gasteiger partial charge in [0.1, 0.15) is 11.6 Å². The maximum atomic E-state index is 13.8. The van der Waals surface area contributed by atoms with Gasteiger partial charge in [-0.05, 0) is 40.2 Å². The summed E-state index contributed by atoms with van der Waals surface area (Å²) in [5.41, 5.74) is 0.994. The van der Waals surface area contributed by atoms with Gasteiger partial charge in [-0.15, -0.1) is 0 Å². The minimum absolute atomic E-state index is 0.0447. The Bertz CT molecular complexity index is 730. The van der Waals surface area contributed by atoms with Crippen LogP contribution in [-0.2, 0) is 0 Å². The number of halogens is 3. The first kappa shape index (κ1) is 15.9. The molecule has 0 bridgehead atoms. The highest BCUT2D eigenvalue weighted by Gasteiger charge is 2.24. The SMILES string of the molecule is O=C(c1ccccc1Br)N1CCN(c2ccc(F)cc2F)CC1. The third-order valence-corrected chi connectivity index (χ3v) is 4.61. The van der Waals surface area contributed by atoms with E-state index in [-0.39, 0.29) is 5.91 Å². The van der Waals surface area contributed by atoms with Crippen LogP contribution in [0.25, 0.3) is 0 Å². The average Bonchev–Trinajstić information content (AvgIpc) is 2.55. The lowest BCUT2D eigenvalue weighted by atomic mass is 10.1. The summed E-state index contributed by atoms with van der Waals surface area (Å²) < 4.78 is 27.6. The molecule has 1 amide bonds. The summed E-state index contributed by atoms with van der Waals surface area (Å²) >= 11 is 3.39. The average molecular weight is 381 g/mol. The van der Waals surface area contributed by atoms with Crippen LogP contribution >= 0.6 is 15.9 Å². The van der Waals surface area contributed by atoms with Gasteiger partial charge in [0.25, 0.3) is 5.91 Å². The normalized spacial score (nSPS) is 14.9. The van der Waals surface area contributed by atoms with Crippen LogP contribution in [0.3, 0.4) is 0 Å². The molecule has 6 heteroatoms. The van der Waals surface area contributed by atoms with Gasteiger partial charge in [0.2, 0.25) is 0 Å². The van der Waals surface area contributed by atoms with Crippen molar-refractivity contribution < 1.29 is 13.6 Å². The fraction of sp³-hybridized carbons (Fsp3) is 0.235. The molecule has 2 aromatic carbocycles. The molecule has 1 fully saturated rings. The highest BCUT2D eigenvalue weighted by atomic mass is 79.9. The van der Waals surface area contributed by atoms with Gasteiger partial charge in [-0.1, -0.05) is 12.1 Å². The van der Waals surface area contributed by atoms with Gasteiger partial charge in [0.15, 0.2) is 0 Å². The van der Waals surface area contributed by atoms with E-state index in [1.807, 2.05) is 23.1 Å². The third kappa shape index (κ3) is 3.37. The Labute approximate surface area is 141 Å². The fourth-order valence-corrected chi connectivity index (χ4v) is 3.15. The summed E-state index contributed by atoms with van der Waals surface area (Å²) in [6, 6.07) is 10.9. The number of benzene rings is 2. The van der Waals surface area contributed by atoms with Crippen molar-refractivity contribution in [1.29, 1.82) is 0 Å². The molecule has 23 heavy (non-hydrogen) atoms. The molecule has 0 atom stereocenters. The number of amides is 1. The Balaban J connectivity index is 1.69. The zero-order valence-electron chi connectivity index (χ0n) is 12.3. The molecule has 0 saturated carbocycles. The minimum Gasteiger partial charge on any atom is -0.366 e. The number of rotatable bonds is 2. The molecule has 1 saturated heterocycles. The van der Waals surface area contributed by atoms with Crippen LogP contribution in [0, 0.1) is 11.6 Å². The molecule has 3 rings (SSSR count). The molecular formula is C17H15BrF2N2O. The van der Waals surface area contributed by atoms with Crippen LogP contribution in [-0.4, -0.2) is 37.0 Å². The Morgan fingerprint density at radius 2 is 1.70 bits per heavy atom. The second-order valence-electron chi connectivity index (χ2n) is 5.35. The van der Waals surface area contributed by atoms with Crippen LogP contribution in [0.5, 0.6) is 0 Å². The molecule has 1 aliphatic heterocycles. The molecule has 0 aromatic heterocycles. The fourth-order valence-electron chi connectivity index (χ4n) is 2.69. The highest BCUT2D eigenvalue weighted by molar-refractivity contribution is 9.10. The van der Waals surface area contributed by atoms with E-state index in [0.29, 0.717) is 37.4 Å². The summed E-state index contributed by atoms with van der Waals surface area (Å²) in [4.78, 5) is 16.1. The quantitative estimate of drug-likeness (QED) is 0.792. The van der Waals surface area contributed by atoms with E-state index in [1.54, 1.807) is 11.0 Å². The van der Waals surface area contributed by atoms with Gasteiger partial charge < -0.3 is 9.80 Å². The van der Waals surface area contributed by atoms with Crippen LogP contribution in [0.2, 0.25) is 0 Å². The van der Waals surface area contributed by atoms with E-state index in [0.717, 1.165) is 10.5 Å². The van der Waals surface area contributed by atoms with Gasteiger partial charge in [-0.2, -0.15) is 0 Å². The Morgan fingerprint density at radius 3 is 2.35 bits per heavy atom. The molecule has 0 N–H and O–H groups in total. The van der Waals surface area contributed by atoms with E-state index >= 15 is 0 Å². The minimum atomic E-state index is -0.589. The smallest absolute Gasteiger partial charge is 0.255 e. The first-order valence-corrected chi connectivity index (χ1v) is 8.09. The predicted octanol–water partition coefficient (Wildman–Crippen LogP) is 3.69. The standard InChI is InChI=1S/C17H15BrF2N2O/c18-14-4-2-1-3-13(14)17(23)22-9-7-21(8-10-22)16-6-5-12(19)11-15(16)20/h1-6,11H,7-10H2. The van der Waals surface area contributed by atoms with Crippen LogP contribution in [0.15, 0.2) is 46.9 Å². The van der Waals surface area contributed by atoms with Crippen molar-refractivity contribution in [3.63, 3.8) is 0 Å². The Morgan fingerprint density at radius 1 is 1.00 bits per heavy atom. The second kappa shape index (κ2) is 6.66. The molecule has 1 heterocycles. The van der Waals surface area contributed by atoms with Crippen LogP contribution in [0.1, 0.15) is 10.4 Å². The zero-order chi connectivity index (χ0) is 16.4. The van der Waals surface area contributed by atoms with E-state index in [2.05, 4.69) is 15.9 Å². The van der Waals surface area contributed by atoms with E-state index in [1.165, 1.54) is 12.1 Å². The lowest BCUT2D eigenvalue weighted by Crippen LogP contribution is -2.49. The van der Waals surface area contributed by atoms with E-state index in [4.69, 9.17) is 0 Å². The van der Waals surface area contributed by atoms with Gasteiger partial charge in [0, 0.05) is 36.7 Å².